The molecule has 0 aliphatic carbocycles. The molecule has 1 N–H and O–H groups in total. The number of amides is 1. The maximum absolute atomic E-state index is 12.2. The van der Waals surface area contributed by atoms with Crippen molar-refractivity contribution in [3.05, 3.63) is 52.3 Å². The smallest absolute Gasteiger partial charge is 0.254 e. The fourth-order valence-electron chi connectivity index (χ4n) is 2.67. The maximum Gasteiger partial charge on any atom is 0.254 e. The summed E-state index contributed by atoms with van der Waals surface area (Å²) >= 11 is 1.57. The Labute approximate surface area is 131 Å². The quantitative estimate of drug-likeness (QED) is 0.789. The Morgan fingerprint density at radius 2 is 2.23 bits per heavy atom. The van der Waals surface area contributed by atoms with Crippen molar-refractivity contribution in [1.29, 1.82) is 0 Å². The molecular formula is C16H14N4OS. The highest BCUT2D eigenvalue weighted by molar-refractivity contribution is 7.10. The van der Waals surface area contributed by atoms with Crippen molar-refractivity contribution in [1.82, 2.24) is 9.55 Å². The third-order valence-electron chi connectivity index (χ3n) is 3.65. The van der Waals surface area contributed by atoms with Gasteiger partial charge < -0.3 is 5.32 Å². The van der Waals surface area contributed by atoms with E-state index in [0.717, 1.165) is 34.7 Å². The highest BCUT2D eigenvalue weighted by Crippen LogP contribution is 2.22. The van der Waals surface area contributed by atoms with Crippen molar-refractivity contribution in [3.63, 3.8) is 0 Å². The summed E-state index contributed by atoms with van der Waals surface area (Å²) in [6.07, 6.45) is 0.328. The van der Waals surface area contributed by atoms with Gasteiger partial charge in [-0.05, 0) is 23.6 Å². The Morgan fingerprint density at radius 3 is 3.09 bits per heavy atom. The summed E-state index contributed by atoms with van der Waals surface area (Å²) < 4.78 is 1.98. The highest BCUT2D eigenvalue weighted by atomic mass is 32.1. The van der Waals surface area contributed by atoms with Crippen LogP contribution in [0.3, 0.4) is 0 Å². The van der Waals surface area contributed by atoms with Gasteiger partial charge in [-0.3, -0.25) is 9.36 Å². The van der Waals surface area contributed by atoms with Crippen LogP contribution >= 0.6 is 11.3 Å². The zero-order chi connectivity index (χ0) is 14.9. The highest BCUT2D eigenvalue weighted by Gasteiger charge is 2.15. The lowest BCUT2D eigenvalue weighted by Gasteiger charge is -2.07. The van der Waals surface area contributed by atoms with E-state index in [1.54, 1.807) is 11.3 Å². The Kier molecular flexibility index (Phi) is 3.23. The zero-order valence-electron chi connectivity index (χ0n) is 11.8. The van der Waals surface area contributed by atoms with Crippen molar-refractivity contribution in [3.8, 4) is 0 Å². The lowest BCUT2D eigenvalue weighted by molar-refractivity contribution is -0.117. The number of hydrogen-bond donors (Lipinski definition) is 1. The van der Waals surface area contributed by atoms with Gasteiger partial charge in [-0.1, -0.05) is 18.2 Å². The van der Waals surface area contributed by atoms with Crippen LogP contribution in [0.2, 0.25) is 0 Å². The lowest BCUT2D eigenvalue weighted by atomic mass is 10.2. The molecule has 1 amide bonds. The molecule has 1 aromatic carbocycles. The van der Waals surface area contributed by atoms with Crippen molar-refractivity contribution in [2.45, 2.75) is 13.0 Å². The maximum atomic E-state index is 12.2. The minimum absolute atomic E-state index is 0.160. The molecule has 4 rings (SSSR count). The molecule has 6 heteroatoms. The van der Waals surface area contributed by atoms with Crippen molar-refractivity contribution < 1.29 is 4.79 Å². The van der Waals surface area contributed by atoms with Gasteiger partial charge in [0.05, 0.1) is 11.9 Å². The molecule has 3 heterocycles. The van der Waals surface area contributed by atoms with E-state index in [2.05, 4.69) is 15.3 Å². The van der Waals surface area contributed by atoms with Crippen LogP contribution in [0.4, 0.5) is 5.82 Å². The average Bonchev–Trinajstić information content (AvgIpc) is 3.18. The second-order valence-electron chi connectivity index (χ2n) is 5.12. The number of carbonyl (C=O) groups excluding carboxylic acids is 1. The molecule has 22 heavy (non-hydrogen) atoms. The largest absolute Gasteiger partial charge is 0.369 e. The number of rotatable bonds is 2. The van der Waals surface area contributed by atoms with Gasteiger partial charge in [0.25, 0.3) is 5.91 Å². The second kappa shape index (κ2) is 5.38. The summed E-state index contributed by atoms with van der Waals surface area (Å²) in [5.74, 6) is 0.833. The fraction of sp³-hybridized carbons (Fsp3) is 0.188. The zero-order valence-corrected chi connectivity index (χ0v) is 12.6. The van der Waals surface area contributed by atoms with Gasteiger partial charge in [0.2, 0.25) is 5.62 Å². The first-order valence-electron chi connectivity index (χ1n) is 7.15. The topological polar surface area (TPSA) is 59.3 Å². The molecule has 0 saturated heterocycles. The summed E-state index contributed by atoms with van der Waals surface area (Å²) in [7, 11) is 0. The Hall–Kier alpha value is -2.47. The molecule has 1 aliphatic heterocycles. The van der Waals surface area contributed by atoms with E-state index in [9.17, 15) is 4.79 Å². The van der Waals surface area contributed by atoms with Crippen LogP contribution in [0.5, 0.6) is 0 Å². The molecule has 5 nitrogen and oxygen atoms in total. The number of hydrogen-bond acceptors (Lipinski definition) is 4. The number of thiophene rings is 1. The predicted octanol–water partition coefficient (Wildman–Crippen LogP) is 2.19. The first-order chi connectivity index (χ1) is 10.8. The summed E-state index contributed by atoms with van der Waals surface area (Å²) in [6, 6.07) is 11.8. The third-order valence-corrected chi connectivity index (χ3v) is 4.53. The van der Waals surface area contributed by atoms with Crippen LogP contribution in [0.15, 0.2) is 46.8 Å². The summed E-state index contributed by atoms with van der Waals surface area (Å²) in [5, 5.41) is 6.38. The van der Waals surface area contributed by atoms with Crippen LogP contribution < -0.4 is 10.9 Å². The van der Waals surface area contributed by atoms with E-state index in [-0.39, 0.29) is 5.91 Å². The van der Waals surface area contributed by atoms with E-state index < -0.39 is 0 Å². The van der Waals surface area contributed by atoms with E-state index in [0.29, 0.717) is 12.0 Å². The Balaban J connectivity index is 1.81. The summed E-state index contributed by atoms with van der Waals surface area (Å²) in [5.41, 5.74) is 1.34. The molecule has 0 bridgehead atoms. The van der Waals surface area contributed by atoms with E-state index in [1.807, 2.05) is 46.3 Å². The van der Waals surface area contributed by atoms with Crippen LogP contribution in [0, 0.1) is 0 Å². The minimum atomic E-state index is -0.160. The standard InChI is InChI=1S/C16H14N4OS/c21-14(10-11-4-3-9-22-11)19-16-18-13-6-2-1-5-12(13)15-17-7-8-20(15)16/h1-6,9,17H,7-8,10H2. The van der Waals surface area contributed by atoms with Crippen LogP contribution in [0.25, 0.3) is 10.9 Å². The average molecular weight is 310 g/mol. The van der Waals surface area contributed by atoms with Crippen molar-refractivity contribution >= 4 is 34.0 Å². The number of nitrogens with zero attached hydrogens (tertiary/aromatic N) is 3. The van der Waals surface area contributed by atoms with Gasteiger partial charge >= 0.3 is 0 Å². The van der Waals surface area contributed by atoms with Crippen LogP contribution in [-0.2, 0) is 17.8 Å². The molecule has 0 atom stereocenters. The molecule has 1 aliphatic rings. The molecule has 2 aromatic heterocycles. The SMILES string of the molecule is O=C(Cc1cccs1)N=c1nc2ccccc2c2n1CCN2. The Morgan fingerprint density at radius 1 is 1.32 bits per heavy atom. The van der Waals surface area contributed by atoms with Gasteiger partial charge in [0.15, 0.2) is 0 Å². The molecule has 0 unspecified atom stereocenters. The minimum Gasteiger partial charge on any atom is -0.369 e. The van der Waals surface area contributed by atoms with E-state index in [1.165, 1.54) is 0 Å². The number of fused-ring (bicyclic) bond motifs is 3. The molecule has 0 saturated carbocycles. The van der Waals surface area contributed by atoms with Gasteiger partial charge in [-0.15, -0.1) is 11.3 Å². The van der Waals surface area contributed by atoms with E-state index in [4.69, 9.17) is 0 Å². The second-order valence-corrected chi connectivity index (χ2v) is 6.15. The van der Waals surface area contributed by atoms with Crippen molar-refractivity contribution in [2.75, 3.05) is 11.9 Å². The first kappa shape index (κ1) is 13.2. The van der Waals surface area contributed by atoms with E-state index >= 15 is 0 Å². The summed E-state index contributed by atoms with van der Waals surface area (Å²) in [6.45, 7) is 1.61. The van der Waals surface area contributed by atoms with Crippen molar-refractivity contribution in [2.24, 2.45) is 4.99 Å². The fourth-order valence-corrected chi connectivity index (χ4v) is 3.37. The molecule has 0 fully saturated rings. The first-order valence-corrected chi connectivity index (χ1v) is 8.02. The number of aromatic nitrogens is 2. The molecule has 0 spiro atoms. The molecule has 0 radical (unpaired) electrons. The summed E-state index contributed by atoms with van der Waals surface area (Å²) in [4.78, 5) is 22.0. The monoisotopic (exact) mass is 310 g/mol. The normalized spacial score (nSPS) is 14.1. The third kappa shape index (κ3) is 2.31. The van der Waals surface area contributed by atoms with Gasteiger partial charge in [0, 0.05) is 23.4 Å². The molecule has 3 aromatic rings. The van der Waals surface area contributed by atoms with Gasteiger partial charge in [-0.25, -0.2) is 4.98 Å². The number of nitrogens with one attached hydrogen (secondary N) is 1. The number of para-hydroxylation sites is 1. The lowest BCUT2D eigenvalue weighted by Crippen LogP contribution is -2.25. The predicted molar refractivity (Wildman–Crippen MR) is 86.8 cm³/mol. The van der Waals surface area contributed by atoms with Crippen LogP contribution in [0.1, 0.15) is 4.88 Å². The molecule has 110 valence electrons. The van der Waals surface area contributed by atoms with Crippen LogP contribution in [-0.4, -0.2) is 22.0 Å². The number of benzene rings is 1. The number of anilines is 1. The Bertz CT molecular complexity index is 912. The molecular weight excluding hydrogens is 296 g/mol. The van der Waals surface area contributed by atoms with Gasteiger partial charge in [-0.2, -0.15) is 4.99 Å². The number of carbonyl (C=O) groups is 1. The van der Waals surface area contributed by atoms with Gasteiger partial charge in [0.1, 0.15) is 5.82 Å².